The van der Waals surface area contributed by atoms with Gasteiger partial charge in [0.25, 0.3) is 5.91 Å². The van der Waals surface area contributed by atoms with Crippen molar-refractivity contribution in [2.45, 2.75) is 44.9 Å². The highest BCUT2D eigenvalue weighted by molar-refractivity contribution is 6.22. The Labute approximate surface area is 250 Å². The van der Waals surface area contributed by atoms with Crippen molar-refractivity contribution in [1.29, 1.82) is 0 Å². The van der Waals surface area contributed by atoms with E-state index in [-0.39, 0.29) is 29.2 Å². The summed E-state index contributed by atoms with van der Waals surface area (Å²) >= 11 is 0. The number of carbonyl (C=O) groups is 5. The molecule has 1 saturated carbocycles. The zero-order valence-corrected chi connectivity index (χ0v) is 24.0. The van der Waals surface area contributed by atoms with E-state index in [4.69, 9.17) is 9.47 Å². The maximum atomic E-state index is 13.4. The third-order valence-electron chi connectivity index (χ3n) is 8.01. The van der Waals surface area contributed by atoms with Crippen molar-refractivity contribution in [2.24, 2.45) is 11.8 Å². The maximum Gasteiger partial charge on any atom is 0.338 e. The van der Waals surface area contributed by atoms with Crippen LogP contribution in [0.15, 0.2) is 78.9 Å². The van der Waals surface area contributed by atoms with Crippen LogP contribution in [0.25, 0.3) is 0 Å². The normalized spacial score (nSPS) is 19.5. The van der Waals surface area contributed by atoms with E-state index in [1.165, 1.54) is 22.6 Å². The van der Waals surface area contributed by atoms with Gasteiger partial charge in [-0.2, -0.15) is 0 Å². The van der Waals surface area contributed by atoms with Crippen LogP contribution < -0.4 is 10.2 Å². The Hall–Kier alpha value is -4.79. The lowest BCUT2D eigenvalue weighted by Gasteiger charge is -2.28. The largest absolute Gasteiger partial charge is 0.462 e. The lowest BCUT2D eigenvalue weighted by molar-refractivity contribution is -0.122. The molecule has 222 valence electrons. The standard InChI is InChI=1S/C34H34N2O7/c1-2-3-18-42-33(40)23-12-15-26(16-13-23)35-30(37)21-43-34(41)25-10-7-11-27(19-25)36-31(38)28-17-14-24(20-29(28)32(36)39)22-8-5-4-6-9-22/h4-13,15-16,19,24,28-29H,2-3,14,17-18,20-21H2,1H3,(H,35,37)/t24-,28+,29+/m0/s1. The van der Waals surface area contributed by atoms with Crippen LogP contribution in [0.4, 0.5) is 11.4 Å². The van der Waals surface area contributed by atoms with E-state index in [0.29, 0.717) is 36.4 Å². The summed E-state index contributed by atoms with van der Waals surface area (Å²) in [4.78, 5) is 65.1. The molecule has 2 fully saturated rings. The third kappa shape index (κ3) is 6.83. The molecule has 3 atom stereocenters. The Morgan fingerprint density at radius 2 is 1.53 bits per heavy atom. The summed E-state index contributed by atoms with van der Waals surface area (Å²) in [5, 5.41) is 2.61. The van der Waals surface area contributed by atoms with Gasteiger partial charge in [0.15, 0.2) is 6.61 Å². The molecule has 1 heterocycles. The number of hydrogen-bond acceptors (Lipinski definition) is 7. The van der Waals surface area contributed by atoms with Crippen LogP contribution in [0, 0.1) is 11.8 Å². The first kappa shape index (κ1) is 29.7. The predicted molar refractivity (Wildman–Crippen MR) is 159 cm³/mol. The monoisotopic (exact) mass is 582 g/mol. The second-order valence-electron chi connectivity index (χ2n) is 10.9. The summed E-state index contributed by atoms with van der Waals surface area (Å²) in [6, 6.07) is 22.4. The molecule has 0 unspecified atom stereocenters. The number of nitrogens with one attached hydrogen (secondary N) is 1. The minimum Gasteiger partial charge on any atom is -0.462 e. The molecule has 0 spiro atoms. The Morgan fingerprint density at radius 1 is 0.814 bits per heavy atom. The lowest BCUT2D eigenvalue weighted by Crippen LogP contribution is -2.31. The van der Waals surface area contributed by atoms with Gasteiger partial charge in [-0.1, -0.05) is 49.7 Å². The minimum atomic E-state index is -0.761. The Morgan fingerprint density at radius 3 is 2.28 bits per heavy atom. The number of anilines is 2. The summed E-state index contributed by atoms with van der Waals surface area (Å²) in [5.41, 5.74) is 2.40. The first-order valence-corrected chi connectivity index (χ1v) is 14.6. The topological polar surface area (TPSA) is 119 Å². The minimum absolute atomic E-state index is 0.119. The van der Waals surface area contributed by atoms with Gasteiger partial charge in [0.05, 0.1) is 35.3 Å². The predicted octanol–water partition coefficient (Wildman–Crippen LogP) is 5.51. The second kappa shape index (κ2) is 13.5. The van der Waals surface area contributed by atoms with E-state index in [0.717, 1.165) is 19.3 Å². The molecule has 0 radical (unpaired) electrons. The van der Waals surface area contributed by atoms with E-state index in [1.807, 2.05) is 25.1 Å². The van der Waals surface area contributed by atoms with Crippen LogP contribution in [-0.2, 0) is 23.9 Å². The summed E-state index contributed by atoms with van der Waals surface area (Å²) in [7, 11) is 0. The van der Waals surface area contributed by atoms with Crippen LogP contribution in [0.5, 0.6) is 0 Å². The van der Waals surface area contributed by atoms with Crippen molar-refractivity contribution in [2.75, 3.05) is 23.4 Å². The van der Waals surface area contributed by atoms with Crippen LogP contribution >= 0.6 is 0 Å². The summed E-state index contributed by atoms with van der Waals surface area (Å²) in [6.07, 6.45) is 3.78. The number of benzene rings is 3. The van der Waals surface area contributed by atoms with Gasteiger partial charge in [0.1, 0.15) is 0 Å². The first-order chi connectivity index (χ1) is 20.9. The Kier molecular flexibility index (Phi) is 9.29. The van der Waals surface area contributed by atoms with E-state index < -0.39 is 30.4 Å². The molecule has 5 rings (SSSR count). The summed E-state index contributed by atoms with van der Waals surface area (Å²) in [5.74, 6) is -2.80. The fourth-order valence-corrected chi connectivity index (χ4v) is 5.73. The highest BCUT2D eigenvalue weighted by atomic mass is 16.5. The number of esters is 2. The average Bonchev–Trinajstić information content (AvgIpc) is 3.29. The van der Waals surface area contributed by atoms with Gasteiger partial charge < -0.3 is 14.8 Å². The fourth-order valence-electron chi connectivity index (χ4n) is 5.73. The molecule has 1 saturated heterocycles. The molecule has 3 amide bonds. The summed E-state index contributed by atoms with van der Waals surface area (Å²) < 4.78 is 10.4. The highest BCUT2D eigenvalue weighted by Gasteiger charge is 2.50. The highest BCUT2D eigenvalue weighted by Crippen LogP contribution is 2.45. The first-order valence-electron chi connectivity index (χ1n) is 14.6. The average molecular weight is 583 g/mol. The van der Waals surface area contributed by atoms with Gasteiger partial charge >= 0.3 is 11.9 Å². The van der Waals surface area contributed by atoms with Gasteiger partial charge in [-0.3, -0.25) is 19.3 Å². The van der Waals surface area contributed by atoms with Crippen molar-refractivity contribution in [3.63, 3.8) is 0 Å². The van der Waals surface area contributed by atoms with Gasteiger partial charge in [0.2, 0.25) is 11.8 Å². The molecule has 0 aromatic heterocycles. The van der Waals surface area contributed by atoms with Gasteiger partial charge in [-0.25, -0.2) is 9.59 Å². The third-order valence-corrected chi connectivity index (χ3v) is 8.01. The Balaban J connectivity index is 1.16. The molecule has 3 aromatic carbocycles. The molecule has 43 heavy (non-hydrogen) atoms. The number of ether oxygens (including phenoxy) is 2. The molecule has 1 aliphatic carbocycles. The van der Waals surface area contributed by atoms with E-state index in [9.17, 15) is 24.0 Å². The number of amides is 3. The molecule has 2 aliphatic rings. The Bertz CT molecular complexity index is 1500. The molecule has 1 N–H and O–H groups in total. The van der Waals surface area contributed by atoms with Crippen molar-refractivity contribution in [3.8, 4) is 0 Å². The molecule has 9 heteroatoms. The smallest absolute Gasteiger partial charge is 0.338 e. The maximum absolute atomic E-state index is 13.4. The number of unbranched alkanes of at least 4 members (excludes halogenated alkanes) is 1. The van der Waals surface area contributed by atoms with Crippen molar-refractivity contribution < 1.29 is 33.4 Å². The molecule has 3 aromatic rings. The van der Waals surface area contributed by atoms with Crippen molar-refractivity contribution in [1.82, 2.24) is 0 Å². The SMILES string of the molecule is CCCCOC(=O)c1ccc(NC(=O)COC(=O)c2cccc(N3C(=O)[C@@H]4CC[C@H](c5ccccc5)C[C@H]4C3=O)c2)cc1. The molecule has 9 nitrogen and oxygen atoms in total. The number of hydrogen-bond donors (Lipinski definition) is 1. The molecule has 0 bridgehead atoms. The lowest BCUT2D eigenvalue weighted by atomic mass is 9.73. The zero-order valence-electron chi connectivity index (χ0n) is 24.0. The second-order valence-corrected chi connectivity index (χ2v) is 10.9. The molecular weight excluding hydrogens is 548 g/mol. The van der Waals surface area contributed by atoms with Crippen molar-refractivity contribution >= 4 is 41.0 Å². The van der Waals surface area contributed by atoms with Crippen LogP contribution in [0.2, 0.25) is 0 Å². The fraction of sp³-hybridized carbons (Fsp3) is 0.324. The quantitative estimate of drug-likeness (QED) is 0.190. The van der Waals surface area contributed by atoms with Gasteiger partial charge in [-0.15, -0.1) is 0 Å². The van der Waals surface area contributed by atoms with E-state index in [1.54, 1.807) is 36.4 Å². The van der Waals surface area contributed by atoms with Crippen LogP contribution in [-0.4, -0.2) is 42.9 Å². The van der Waals surface area contributed by atoms with Gasteiger partial charge in [0, 0.05) is 5.69 Å². The number of rotatable bonds is 10. The number of nitrogens with zero attached hydrogens (tertiary/aromatic N) is 1. The van der Waals surface area contributed by atoms with E-state index in [2.05, 4.69) is 17.4 Å². The molecule has 1 aliphatic heterocycles. The number of fused-ring (bicyclic) bond motifs is 1. The zero-order chi connectivity index (χ0) is 30.3. The van der Waals surface area contributed by atoms with Crippen LogP contribution in [0.3, 0.4) is 0 Å². The number of carbonyl (C=O) groups excluding carboxylic acids is 5. The van der Waals surface area contributed by atoms with Gasteiger partial charge in [-0.05, 0) is 79.6 Å². The number of imide groups is 1. The van der Waals surface area contributed by atoms with Crippen LogP contribution in [0.1, 0.15) is 71.2 Å². The summed E-state index contributed by atoms with van der Waals surface area (Å²) in [6.45, 7) is 1.81. The van der Waals surface area contributed by atoms with E-state index >= 15 is 0 Å². The van der Waals surface area contributed by atoms with Crippen molar-refractivity contribution in [3.05, 3.63) is 95.6 Å². The molecular formula is C34H34N2O7.